The highest BCUT2D eigenvalue weighted by molar-refractivity contribution is 8.18. The smallest absolute Gasteiger partial charge is 0.343 e. The molecule has 1 fully saturated rings. The minimum absolute atomic E-state index is 0.234. The molecule has 35 heavy (non-hydrogen) atoms. The Labute approximate surface area is 206 Å². The van der Waals surface area contributed by atoms with Gasteiger partial charge in [0.25, 0.3) is 5.91 Å². The molecule has 1 aliphatic rings. The van der Waals surface area contributed by atoms with E-state index in [1.165, 1.54) is 18.9 Å². The first-order valence-electron chi connectivity index (χ1n) is 10.5. The molecule has 0 unspecified atom stereocenters. The topological polar surface area (TPSA) is 95.5 Å². The zero-order valence-electron chi connectivity index (χ0n) is 19.2. The Balaban J connectivity index is 1.53. The summed E-state index contributed by atoms with van der Waals surface area (Å²) in [5, 5.41) is 3.22. The highest BCUT2D eigenvalue weighted by Gasteiger charge is 2.24. The number of amidine groups is 1. The Morgan fingerprint density at radius 2 is 1.51 bits per heavy atom. The highest BCUT2D eigenvalue weighted by atomic mass is 32.2. The number of benzene rings is 3. The van der Waals surface area contributed by atoms with Crippen LogP contribution in [0.5, 0.6) is 23.0 Å². The van der Waals surface area contributed by atoms with E-state index in [2.05, 4.69) is 10.3 Å². The number of thioether (sulfide) groups is 1. The van der Waals surface area contributed by atoms with Gasteiger partial charge in [0.05, 0.1) is 37.5 Å². The third-order valence-electron chi connectivity index (χ3n) is 4.97. The molecule has 0 atom stereocenters. The van der Waals surface area contributed by atoms with Crippen LogP contribution in [0.3, 0.4) is 0 Å². The average Bonchev–Trinajstić information content (AvgIpc) is 3.22. The van der Waals surface area contributed by atoms with Gasteiger partial charge >= 0.3 is 5.97 Å². The monoisotopic (exact) mass is 490 g/mol. The summed E-state index contributed by atoms with van der Waals surface area (Å²) < 4.78 is 21.2. The van der Waals surface area contributed by atoms with Crippen molar-refractivity contribution < 1.29 is 28.5 Å². The lowest BCUT2D eigenvalue weighted by Crippen LogP contribution is -2.19. The molecule has 0 bridgehead atoms. The first-order valence-corrected chi connectivity index (χ1v) is 11.3. The lowest BCUT2D eigenvalue weighted by molar-refractivity contribution is -0.115. The van der Waals surface area contributed by atoms with Crippen molar-refractivity contribution in [2.24, 2.45) is 4.99 Å². The number of methoxy groups -OCH3 is 3. The van der Waals surface area contributed by atoms with Crippen molar-refractivity contribution >= 4 is 40.6 Å². The molecule has 0 saturated carbocycles. The van der Waals surface area contributed by atoms with Crippen LogP contribution in [0.2, 0.25) is 0 Å². The molecule has 178 valence electrons. The van der Waals surface area contributed by atoms with E-state index in [9.17, 15) is 9.59 Å². The standard InChI is InChI=1S/C26H22N2O6S/c1-31-19-9-5-17(6-10-19)25(30)34-22-14-16(4-13-21(22)33-3)15-23-24(29)28-26(35-23)27-18-7-11-20(32-2)12-8-18/h4-15H,1-3H3,(H,27,28,29). The van der Waals surface area contributed by atoms with E-state index in [-0.39, 0.29) is 11.7 Å². The number of nitrogens with one attached hydrogen (secondary N) is 1. The van der Waals surface area contributed by atoms with Crippen molar-refractivity contribution in [3.05, 3.63) is 82.8 Å². The lowest BCUT2D eigenvalue weighted by Gasteiger charge is -2.10. The second-order valence-electron chi connectivity index (χ2n) is 7.21. The molecule has 0 aliphatic carbocycles. The number of nitrogens with zero attached hydrogens (tertiary/aromatic N) is 1. The number of rotatable bonds is 7. The molecule has 3 aromatic carbocycles. The molecule has 0 radical (unpaired) electrons. The van der Waals surface area contributed by atoms with Crippen LogP contribution < -0.4 is 24.3 Å². The summed E-state index contributed by atoms with van der Waals surface area (Å²) in [5.41, 5.74) is 1.71. The summed E-state index contributed by atoms with van der Waals surface area (Å²) in [6, 6.07) is 18.8. The van der Waals surface area contributed by atoms with E-state index in [0.29, 0.717) is 38.4 Å². The number of hydrogen-bond donors (Lipinski definition) is 1. The molecule has 1 amide bonds. The Kier molecular flexibility index (Phi) is 7.37. The number of carbonyl (C=O) groups excluding carboxylic acids is 2. The van der Waals surface area contributed by atoms with Crippen molar-refractivity contribution in [2.75, 3.05) is 21.3 Å². The third-order valence-corrected chi connectivity index (χ3v) is 5.88. The van der Waals surface area contributed by atoms with Gasteiger partial charge in [0.1, 0.15) is 11.5 Å². The summed E-state index contributed by atoms with van der Waals surface area (Å²) in [7, 11) is 4.63. The van der Waals surface area contributed by atoms with Crippen LogP contribution >= 0.6 is 11.8 Å². The van der Waals surface area contributed by atoms with Gasteiger partial charge in [-0.1, -0.05) is 6.07 Å². The number of carbonyl (C=O) groups is 2. The van der Waals surface area contributed by atoms with E-state index >= 15 is 0 Å². The number of aliphatic imine (C=N–C) groups is 1. The van der Waals surface area contributed by atoms with Gasteiger partial charge in [0, 0.05) is 0 Å². The maximum atomic E-state index is 12.6. The largest absolute Gasteiger partial charge is 0.497 e. The number of amides is 1. The van der Waals surface area contributed by atoms with Crippen LogP contribution in [0, 0.1) is 0 Å². The van der Waals surface area contributed by atoms with Gasteiger partial charge in [-0.05, 0) is 84.1 Å². The summed E-state index contributed by atoms with van der Waals surface area (Å²) in [5.74, 6) is 1.17. The van der Waals surface area contributed by atoms with E-state index in [0.717, 1.165) is 5.75 Å². The van der Waals surface area contributed by atoms with Crippen molar-refractivity contribution in [1.82, 2.24) is 5.32 Å². The van der Waals surface area contributed by atoms with Crippen molar-refractivity contribution in [3.8, 4) is 23.0 Å². The molecule has 1 aliphatic heterocycles. The third kappa shape index (κ3) is 5.82. The van der Waals surface area contributed by atoms with Gasteiger partial charge in [-0.3, -0.25) is 4.79 Å². The summed E-state index contributed by atoms with van der Waals surface area (Å²) >= 11 is 1.22. The highest BCUT2D eigenvalue weighted by Crippen LogP contribution is 2.33. The second-order valence-corrected chi connectivity index (χ2v) is 8.24. The quantitative estimate of drug-likeness (QED) is 0.288. The molecule has 9 heteroatoms. The lowest BCUT2D eigenvalue weighted by atomic mass is 10.1. The average molecular weight is 491 g/mol. The van der Waals surface area contributed by atoms with E-state index in [1.54, 1.807) is 87.0 Å². The summed E-state index contributed by atoms with van der Waals surface area (Å²) in [6.07, 6.45) is 1.70. The zero-order chi connectivity index (χ0) is 24.8. The maximum Gasteiger partial charge on any atom is 0.343 e. The number of hydrogen-bond acceptors (Lipinski definition) is 8. The summed E-state index contributed by atoms with van der Waals surface area (Å²) in [4.78, 5) is 30.0. The van der Waals surface area contributed by atoms with Crippen LogP contribution in [0.4, 0.5) is 5.69 Å². The van der Waals surface area contributed by atoms with Crippen LogP contribution in [-0.2, 0) is 4.79 Å². The Morgan fingerprint density at radius 1 is 0.857 bits per heavy atom. The molecule has 3 aromatic rings. The Hall–Kier alpha value is -4.24. The minimum Gasteiger partial charge on any atom is -0.497 e. The minimum atomic E-state index is -0.544. The van der Waals surface area contributed by atoms with Gasteiger partial charge in [-0.15, -0.1) is 0 Å². The van der Waals surface area contributed by atoms with Crippen molar-refractivity contribution in [1.29, 1.82) is 0 Å². The number of esters is 1. The van der Waals surface area contributed by atoms with Gasteiger partial charge < -0.3 is 24.3 Å². The number of ether oxygens (including phenoxy) is 4. The van der Waals surface area contributed by atoms with Crippen LogP contribution in [0.1, 0.15) is 15.9 Å². The van der Waals surface area contributed by atoms with E-state index in [4.69, 9.17) is 18.9 Å². The Morgan fingerprint density at radius 3 is 2.14 bits per heavy atom. The fraction of sp³-hybridized carbons (Fsp3) is 0.115. The van der Waals surface area contributed by atoms with Crippen molar-refractivity contribution in [3.63, 3.8) is 0 Å². The SMILES string of the molecule is COc1ccc(N=C2NC(=O)C(=Cc3ccc(OC)c(OC(=O)c4ccc(OC)cc4)c3)S2)cc1. The van der Waals surface area contributed by atoms with E-state index < -0.39 is 5.97 Å². The van der Waals surface area contributed by atoms with Gasteiger partial charge in [0.15, 0.2) is 16.7 Å². The molecule has 4 rings (SSSR count). The van der Waals surface area contributed by atoms with Crippen LogP contribution in [-0.4, -0.2) is 38.4 Å². The molecule has 0 spiro atoms. The molecule has 1 saturated heterocycles. The normalized spacial score (nSPS) is 15.1. The maximum absolute atomic E-state index is 12.6. The van der Waals surface area contributed by atoms with E-state index in [1.807, 2.05) is 0 Å². The molecule has 0 aromatic heterocycles. The van der Waals surface area contributed by atoms with Gasteiger partial charge in [-0.25, -0.2) is 9.79 Å². The van der Waals surface area contributed by atoms with Gasteiger partial charge in [0.2, 0.25) is 0 Å². The van der Waals surface area contributed by atoms with Gasteiger partial charge in [-0.2, -0.15) is 0 Å². The molecule has 1 N–H and O–H groups in total. The summed E-state index contributed by atoms with van der Waals surface area (Å²) in [6.45, 7) is 0. The van der Waals surface area contributed by atoms with Crippen LogP contribution in [0.15, 0.2) is 76.6 Å². The molecular weight excluding hydrogens is 468 g/mol. The fourth-order valence-electron chi connectivity index (χ4n) is 3.15. The first kappa shape index (κ1) is 23.9. The molecule has 8 nitrogen and oxygen atoms in total. The first-order chi connectivity index (χ1) is 17.0. The van der Waals surface area contributed by atoms with Crippen molar-refractivity contribution in [2.45, 2.75) is 0 Å². The predicted molar refractivity (Wildman–Crippen MR) is 135 cm³/mol. The second kappa shape index (κ2) is 10.8. The molecule has 1 heterocycles. The zero-order valence-corrected chi connectivity index (χ0v) is 20.0. The predicted octanol–water partition coefficient (Wildman–Crippen LogP) is 4.82. The fourth-order valence-corrected chi connectivity index (χ4v) is 4.00. The Bertz CT molecular complexity index is 1300. The van der Waals surface area contributed by atoms with Crippen LogP contribution in [0.25, 0.3) is 6.08 Å². The molecular formula is C26H22N2O6S.